The van der Waals surface area contributed by atoms with Gasteiger partial charge in [-0.05, 0) is 54.3 Å². The number of aliphatic carboxylic acids is 1. The predicted octanol–water partition coefficient (Wildman–Crippen LogP) is 4.04. The van der Waals surface area contributed by atoms with Crippen molar-refractivity contribution in [3.8, 4) is 5.75 Å². The summed E-state index contributed by atoms with van der Waals surface area (Å²) < 4.78 is 5.09. The zero-order chi connectivity index (χ0) is 19.1. The molecule has 0 aliphatic carbocycles. The molecule has 1 atom stereocenters. The van der Waals surface area contributed by atoms with Gasteiger partial charge in [0, 0.05) is 24.2 Å². The molecule has 1 unspecified atom stereocenters. The van der Waals surface area contributed by atoms with Gasteiger partial charge in [-0.2, -0.15) is 0 Å². The molecule has 1 N–H and O–H groups in total. The predicted molar refractivity (Wildman–Crippen MR) is 102 cm³/mol. The number of rotatable bonds is 8. The van der Waals surface area contributed by atoms with E-state index in [0.29, 0.717) is 17.2 Å². The lowest BCUT2D eigenvalue weighted by Crippen LogP contribution is -2.28. The van der Waals surface area contributed by atoms with Crippen LogP contribution in [-0.2, 0) is 16.0 Å². The highest BCUT2D eigenvalue weighted by Crippen LogP contribution is 2.21. The fourth-order valence-corrected chi connectivity index (χ4v) is 2.71. The Balaban J connectivity index is 1.89. The summed E-state index contributed by atoms with van der Waals surface area (Å²) in [5.41, 5.74) is 1.88. The molecular formula is C20H22ClNO4. The molecule has 6 heteroatoms. The average molecular weight is 376 g/mol. The van der Waals surface area contributed by atoms with Gasteiger partial charge >= 0.3 is 5.97 Å². The number of anilines is 1. The maximum Gasteiger partial charge on any atom is 0.341 e. The molecule has 0 bridgehead atoms. The molecule has 0 fully saturated rings. The molecule has 0 saturated carbocycles. The van der Waals surface area contributed by atoms with E-state index < -0.39 is 12.6 Å². The molecule has 138 valence electrons. The summed E-state index contributed by atoms with van der Waals surface area (Å²) in [7, 11) is 1.73. The molecule has 0 aliphatic rings. The number of carbonyl (C=O) groups is 2. The highest BCUT2D eigenvalue weighted by atomic mass is 35.5. The molecule has 2 aromatic rings. The van der Waals surface area contributed by atoms with Crippen LogP contribution in [0.1, 0.15) is 18.9 Å². The van der Waals surface area contributed by atoms with E-state index >= 15 is 0 Å². The molecule has 0 aliphatic heterocycles. The second kappa shape index (κ2) is 9.25. The first-order valence-electron chi connectivity index (χ1n) is 8.31. The van der Waals surface area contributed by atoms with Crippen LogP contribution in [0.15, 0.2) is 48.5 Å². The Labute approximate surface area is 158 Å². The highest BCUT2D eigenvalue weighted by Gasteiger charge is 2.15. The topological polar surface area (TPSA) is 66.8 Å². The maximum absolute atomic E-state index is 12.5. The van der Waals surface area contributed by atoms with E-state index in [1.807, 2.05) is 31.2 Å². The van der Waals surface area contributed by atoms with Crippen LogP contribution in [0.5, 0.6) is 5.75 Å². The molecule has 0 heterocycles. The first kappa shape index (κ1) is 19.8. The third-order valence-corrected chi connectivity index (χ3v) is 4.23. The van der Waals surface area contributed by atoms with Crippen molar-refractivity contribution in [1.29, 1.82) is 0 Å². The van der Waals surface area contributed by atoms with E-state index in [4.69, 9.17) is 21.4 Å². The number of benzene rings is 2. The monoisotopic (exact) mass is 375 g/mol. The van der Waals surface area contributed by atoms with Crippen molar-refractivity contribution in [3.63, 3.8) is 0 Å². The standard InChI is InChI=1S/C20H22ClNO4/c1-14(11-15-3-5-16(21)6-4-15)12-19(23)22(2)17-7-9-18(10-8-17)26-13-20(24)25/h3-10,14H,11-13H2,1-2H3,(H,24,25). The van der Waals surface area contributed by atoms with E-state index in [2.05, 4.69) is 0 Å². The highest BCUT2D eigenvalue weighted by molar-refractivity contribution is 6.30. The van der Waals surface area contributed by atoms with E-state index in [1.54, 1.807) is 36.2 Å². The van der Waals surface area contributed by atoms with Crippen LogP contribution in [0, 0.1) is 5.92 Å². The van der Waals surface area contributed by atoms with Crippen LogP contribution in [-0.4, -0.2) is 30.6 Å². The van der Waals surface area contributed by atoms with Gasteiger partial charge < -0.3 is 14.7 Å². The van der Waals surface area contributed by atoms with Gasteiger partial charge in [0.25, 0.3) is 0 Å². The van der Waals surface area contributed by atoms with Crippen LogP contribution in [0.25, 0.3) is 0 Å². The number of ether oxygens (including phenoxy) is 1. The minimum atomic E-state index is -1.03. The van der Waals surface area contributed by atoms with Crippen LogP contribution >= 0.6 is 11.6 Å². The lowest BCUT2D eigenvalue weighted by molar-refractivity contribution is -0.139. The summed E-state index contributed by atoms with van der Waals surface area (Å²) in [5.74, 6) is -0.362. The Morgan fingerprint density at radius 2 is 1.73 bits per heavy atom. The van der Waals surface area contributed by atoms with Crippen LogP contribution in [0.2, 0.25) is 5.02 Å². The van der Waals surface area contributed by atoms with Crippen molar-refractivity contribution in [2.75, 3.05) is 18.6 Å². The number of halogens is 1. The van der Waals surface area contributed by atoms with Crippen molar-refractivity contribution in [2.24, 2.45) is 5.92 Å². The Kier molecular flexibility index (Phi) is 7.04. The van der Waals surface area contributed by atoms with Gasteiger partial charge in [0.2, 0.25) is 5.91 Å². The van der Waals surface area contributed by atoms with Crippen molar-refractivity contribution >= 4 is 29.2 Å². The molecule has 0 aromatic heterocycles. The van der Waals surface area contributed by atoms with E-state index in [-0.39, 0.29) is 11.8 Å². The molecule has 5 nitrogen and oxygen atoms in total. The SMILES string of the molecule is CC(CC(=O)N(C)c1ccc(OCC(=O)O)cc1)Cc1ccc(Cl)cc1. The molecule has 0 spiro atoms. The van der Waals surface area contributed by atoms with Gasteiger partial charge in [0.1, 0.15) is 5.75 Å². The molecular weight excluding hydrogens is 354 g/mol. The summed E-state index contributed by atoms with van der Waals surface area (Å²) in [6.07, 6.45) is 1.23. The lowest BCUT2D eigenvalue weighted by atomic mass is 9.97. The fraction of sp³-hybridized carbons (Fsp3) is 0.300. The average Bonchev–Trinajstić information content (AvgIpc) is 2.61. The van der Waals surface area contributed by atoms with Crippen molar-refractivity contribution in [1.82, 2.24) is 0 Å². The normalized spacial score (nSPS) is 11.7. The smallest absolute Gasteiger partial charge is 0.341 e. The molecule has 26 heavy (non-hydrogen) atoms. The van der Waals surface area contributed by atoms with Gasteiger partial charge in [-0.25, -0.2) is 4.79 Å². The minimum Gasteiger partial charge on any atom is -0.482 e. The number of hydrogen-bond acceptors (Lipinski definition) is 3. The van der Waals surface area contributed by atoms with Gasteiger partial charge in [-0.1, -0.05) is 30.7 Å². The van der Waals surface area contributed by atoms with Gasteiger partial charge in [-0.15, -0.1) is 0 Å². The molecule has 0 saturated heterocycles. The zero-order valence-corrected chi connectivity index (χ0v) is 15.6. The third-order valence-electron chi connectivity index (χ3n) is 3.98. The number of hydrogen-bond donors (Lipinski definition) is 1. The van der Waals surface area contributed by atoms with Crippen LogP contribution < -0.4 is 9.64 Å². The van der Waals surface area contributed by atoms with Crippen LogP contribution in [0.3, 0.4) is 0 Å². The zero-order valence-electron chi connectivity index (χ0n) is 14.8. The minimum absolute atomic E-state index is 0.0191. The number of carboxylic acid groups (broad SMARTS) is 1. The summed E-state index contributed by atoms with van der Waals surface area (Å²) in [4.78, 5) is 24.6. The maximum atomic E-state index is 12.5. The van der Waals surface area contributed by atoms with E-state index in [9.17, 15) is 9.59 Å². The molecule has 1 amide bonds. The lowest BCUT2D eigenvalue weighted by Gasteiger charge is -2.20. The number of carbonyl (C=O) groups excluding carboxylic acids is 1. The fourth-order valence-electron chi connectivity index (χ4n) is 2.59. The number of amides is 1. The first-order valence-corrected chi connectivity index (χ1v) is 8.68. The summed E-state index contributed by atoms with van der Waals surface area (Å²) >= 11 is 5.89. The largest absolute Gasteiger partial charge is 0.482 e. The Morgan fingerprint density at radius 3 is 2.31 bits per heavy atom. The quantitative estimate of drug-likeness (QED) is 0.756. The summed E-state index contributed by atoms with van der Waals surface area (Å²) in [6, 6.07) is 14.4. The Hall–Kier alpha value is -2.53. The van der Waals surface area contributed by atoms with Crippen LogP contribution in [0.4, 0.5) is 5.69 Å². The number of carboxylic acids is 1. The van der Waals surface area contributed by atoms with Gasteiger partial charge in [0.05, 0.1) is 0 Å². The first-order chi connectivity index (χ1) is 12.3. The second-order valence-corrected chi connectivity index (χ2v) is 6.71. The second-order valence-electron chi connectivity index (χ2n) is 6.27. The van der Waals surface area contributed by atoms with E-state index in [1.165, 1.54) is 0 Å². The Bertz CT molecular complexity index is 743. The molecule has 2 rings (SSSR count). The number of nitrogens with zero attached hydrogens (tertiary/aromatic N) is 1. The van der Waals surface area contributed by atoms with Crippen molar-refractivity contribution < 1.29 is 19.4 Å². The summed E-state index contributed by atoms with van der Waals surface area (Å²) in [5, 5.41) is 9.31. The van der Waals surface area contributed by atoms with Crippen molar-refractivity contribution in [3.05, 3.63) is 59.1 Å². The van der Waals surface area contributed by atoms with Crippen molar-refractivity contribution in [2.45, 2.75) is 19.8 Å². The third kappa shape index (κ3) is 6.08. The molecule has 0 radical (unpaired) electrons. The van der Waals surface area contributed by atoms with Gasteiger partial charge in [-0.3, -0.25) is 4.79 Å². The Morgan fingerprint density at radius 1 is 1.12 bits per heavy atom. The molecule has 2 aromatic carbocycles. The van der Waals surface area contributed by atoms with E-state index in [0.717, 1.165) is 17.7 Å². The van der Waals surface area contributed by atoms with Gasteiger partial charge in [0.15, 0.2) is 6.61 Å². The summed E-state index contributed by atoms with van der Waals surface area (Å²) in [6.45, 7) is 1.65.